The van der Waals surface area contributed by atoms with Crippen LogP contribution in [-0.4, -0.2) is 50.6 Å². The lowest BCUT2D eigenvalue weighted by molar-refractivity contribution is -0.128. The maximum atomic E-state index is 13.0. The molecule has 1 aromatic rings. The molecule has 2 amide bonds. The third-order valence-corrected chi connectivity index (χ3v) is 6.81. The van der Waals surface area contributed by atoms with Crippen LogP contribution in [0.1, 0.15) is 57.9 Å². The third-order valence-electron chi connectivity index (χ3n) is 6.81. The van der Waals surface area contributed by atoms with Gasteiger partial charge in [-0.25, -0.2) is 0 Å². The van der Waals surface area contributed by atoms with Gasteiger partial charge in [-0.15, -0.1) is 0 Å². The predicted molar refractivity (Wildman–Crippen MR) is 129 cm³/mol. The van der Waals surface area contributed by atoms with Crippen molar-refractivity contribution in [3.8, 4) is 5.75 Å². The molecule has 180 valence electrons. The summed E-state index contributed by atoms with van der Waals surface area (Å²) in [7, 11) is 0. The largest absolute Gasteiger partial charge is 0.492 e. The van der Waals surface area contributed by atoms with Gasteiger partial charge < -0.3 is 26.0 Å². The number of allylic oxidation sites excluding steroid dienone is 1. The van der Waals surface area contributed by atoms with Crippen LogP contribution in [0.5, 0.6) is 5.75 Å². The number of benzene rings is 1. The first kappa shape index (κ1) is 23.6. The van der Waals surface area contributed by atoms with Crippen LogP contribution in [0.2, 0.25) is 0 Å². The average Bonchev–Trinajstić information content (AvgIpc) is 3.69. The van der Waals surface area contributed by atoms with Gasteiger partial charge in [-0.2, -0.15) is 0 Å². The maximum Gasteiger partial charge on any atom is 0.242 e. The Hall–Kier alpha value is -2.54. The Morgan fingerprint density at radius 2 is 1.82 bits per heavy atom. The number of ether oxygens (including phenoxy) is 1. The molecule has 2 fully saturated rings. The number of carbonyl (C=O) groups excluding carboxylic acids is 2. The Labute approximate surface area is 197 Å². The van der Waals surface area contributed by atoms with Gasteiger partial charge in [-0.3, -0.25) is 9.59 Å². The lowest BCUT2D eigenvalue weighted by Crippen LogP contribution is -2.50. The van der Waals surface area contributed by atoms with Gasteiger partial charge in [0.2, 0.25) is 11.8 Å². The summed E-state index contributed by atoms with van der Waals surface area (Å²) < 4.78 is 6.14. The first-order valence-electron chi connectivity index (χ1n) is 12.4. The van der Waals surface area contributed by atoms with Crippen LogP contribution < -0.4 is 26.0 Å². The van der Waals surface area contributed by atoms with E-state index in [1.165, 1.54) is 5.57 Å². The quantitative estimate of drug-likeness (QED) is 0.551. The molecule has 7 heteroatoms. The number of hydrogen-bond acceptors (Lipinski definition) is 5. The molecule has 2 aliphatic carbocycles. The highest BCUT2D eigenvalue weighted by atomic mass is 16.5. The van der Waals surface area contributed by atoms with Gasteiger partial charge in [0.1, 0.15) is 18.4 Å². The molecule has 0 bridgehead atoms. The van der Waals surface area contributed by atoms with Gasteiger partial charge in [-0.1, -0.05) is 44.9 Å². The summed E-state index contributed by atoms with van der Waals surface area (Å²) in [5.41, 5.74) is 3.44. The molecule has 33 heavy (non-hydrogen) atoms. The zero-order valence-electron chi connectivity index (χ0n) is 20.0. The fourth-order valence-electron chi connectivity index (χ4n) is 4.38. The minimum absolute atomic E-state index is 0.0841. The molecular weight excluding hydrogens is 416 g/mol. The van der Waals surface area contributed by atoms with E-state index in [2.05, 4.69) is 41.2 Å². The molecule has 3 aliphatic rings. The van der Waals surface area contributed by atoms with Gasteiger partial charge in [0.15, 0.2) is 0 Å². The molecule has 1 unspecified atom stereocenters. The Kier molecular flexibility index (Phi) is 7.58. The lowest BCUT2D eigenvalue weighted by Gasteiger charge is -2.28. The van der Waals surface area contributed by atoms with Crippen LogP contribution in [0, 0.1) is 5.92 Å². The number of rotatable bonds is 2. The highest BCUT2D eigenvalue weighted by Crippen LogP contribution is 2.35. The van der Waals surface area contributed by atoms with Crippen LogP contribution in [0.4, 0.5) is 0 Å². The van der Waals surface area contributed by atoms with Gasteiger partial charge in [-0.05, 0) is 54.2 Å². The van der Waals surface area contributed by atoms with Crippen molar-refractivity contribution in [2.75, 3.05) is 32.8 Å². The minimum atomic E-state index is -0.473. The monoisotopic (exact) mass is 454 g/mol. The summed E-state index contributed by atoms with van der Waals surface area (Å²) in [4.78, 5) is 25.6. The molecule has 4 rings (SSSR count). The molecule has 0 saturated heterocycles. The summed E-state index contributed by atoms with van der Waals surface area (Å²) in [6, 6.07) is 7.70. The van der Waals surface area contributed by atoms with Crippen LogP contribution in [-0.2, 0) is 15.0 Å². The summed E-state index contributed by atoms with van der Waals surface area (Å²) >= 11 is 0. The van der Waals surface area contributed by atoms with E-state index in [9.17, 15) is 9.59 Å². The van der Waals surface area contributed by atoms with Crippen molar-refractivity contribution < 1.29 is 14.3 Å². The normalized spacial score (nSPS) is 24.8. The predicted octanol–water partition coefficient (Wildman–Crippen LogP) is 2.37. The number of hydrogen-bond donors (Lipinski definition) is 4. The smallest absolute Gasteiger partial charge is 0.242 e. The first-order chi connectivity index (χ1) is 15.9. The van der Waals surface area contributed by atoms with Gasteiger partial charge in [0.25, 0.3) is 0 Å². The Bertz CT molecular complexity index is 885. The average molecular weight is 455 g/mol. The molecular formula is C26H38N4O3. The highest BCUT2D eigenvalue weighted by Gasteiger charge is 2.31. The maximum absolute atomic E-state index is 13.0. The van der Waals surface area contributed by atoms with E-state index in [1.807, 2.05) is 18.2 Å². The summed E-state index contributed by atoms with van der Waals surface area (Å²) in [5.74, 6) is 1.22. The molecule has 0 spiro atoms. The van der Waals surface area contributed by atoms with E-state index in [1.54, 1.807) is 0 Å². The molecule has 1 atom stereocenters. The molecule has 7 nitrogen and oxygen atoms in total. The second-order valence-corrected chi connectivity index (χ2v) is 10.2. The second-order valence-electron chi connectivity index (χ2n) is 10.2. The highest BCUT2D eigenvalue weighted by molar-refractivity contribution is 5.88. The zero-order chi connectivity index (χ0) is 23.3. The molecule has 4 N–H and O–H groups in total. The number of para-hydroxylation sites is 1. The van der Waals surface area contributed by atoms with Crippen LogP contribution in [0.3, 0.4) is 0 Å². The summed E-state index contributed by atoms with van der Waals surface area (Å²) in [6.07, 6.45) is 5.94. The van der Waals surface area contributed by atoms with E-state index >= 15 is 0 Å². The Morgan fingerprint density at radius 3 is 2.58 bits per heavy atom. The van der Waals surface area contributed by atoms with Crippen molar-refractivity contribution in [1.29, 1.82) is 0 Å². The molecule has 0 radical (unpaired) electrons. The molecule has 0 aromatic heterocycles. The Balaban J connectivity index is 1.48. The second kappa shape index (κ2) is 10.6. The van der Waals surface area contributed by atoms with Crippen LogP contribution >= 0.6 is 0 Å². The summed E-state index contributed by atoms with van der Waals surface area (Å²) in [5, 5.41) is 12.8. The standard InChI is InChI=1S/C26H38N4O3/c1-26(2)11-12-28-25(32)21(15-18-7-8-18)30-24(31)17-29-22(19-9-10-19)16-27-13-14-33-23-6-4-3-5-20(23)26/h3-6,18,21,27,29H,7-17H2,1-2H3,(H,28,32)(H,30,31). The van der Waals surface area contributed by atoms with E-state index < -0.39 is 6.04 Å². The van der Waals surface area contributed by atoms with Gasteiger partial charge in [0, 0.05) is 25.3 Å². The number of fused-ring (bicyclic) bond motifs is 1. The number of amides is 2. The zero-order valence-corrected chi connectivity index (χ0v) is 20.0. The van der Waals surface area contributed by atoms with Crippen molar-refractivity contribution in [3.05, 3.63) is 41.1 Å². The van der Waals surface area contributed by atoms with Crippen molar-refractivity contribution >= 4 is 11.8 Å². The van der Waals surface area contributed by atoms with Crippen molar-refractivity contribution in [2.45, 2.75) is 63.8 Å². The van der Waals surface area contributed by atoms with Crippen molar-refractivity contribution in [2.24, 2.45) is 5.92 Å². The molecule has 1 aliphatic heterocycles. The number of nitrogens with one attached hydrogen (secondary N) is 4. The fourth-order valence-corrected chi connectivity index (χ4v) is 4.38. The van der Waals surface area contributed by atoms with E-state index in [4.69, 9.17) is 4.74 Å². The van der Waals surface area contributed by atoms with E-state index in [0.717, 1.165) is 55.7 Å². The van der Waals surface area contributed by atoms with Crippen LogP contribution in [0.25, 0.3) is 0 Å². The molecule has 1 heterocycles. The molecule has 2 saturated carbocycles. The minimum Gasteiger partial charge on any atom is -0.492 e. The summed E-state index contributed by atoms with van der Waals surface area (Å²) in [6.45, 7) is 7.07. The first-order valence-corrected chi connectivity index (χ1v) is 12.4. The van der Waals surface area contributed by atoms with Crippen LogP contribution in [0.15, 0.2) is 35.5 Å². The fraction of sp³-hybridized carbons (Fsp3) is 0.615. The van der Waals surface area contributed by atoms with E-state index in [0.29, 0.717) is 32.0 Å². The number of carbonyl (C=O) groups is 2. The van der Waals surface area contributed by atoms with Gasteiger partial charge >= 0.3 is 0 Å². The molecule has 1 aromatic carbocycles. The third kappa shape index (κ3) is 6.97. The topological polar surface area (TPSA) is 91.5 Å². The van der Waals surface area contributed by atoms with Gasteiger partial charge in [0.05, 0.1) is 6.54 Å². The Morgan fingerprint density at radius 1 is 1.03 bits per heavy atom. The SMILES string of the molecule is CC1(C)CCNC(=O)C(CC2CC2)NC(=O)CNC(=C2CC2)CNCCOc2ccccc21. The lowest BCUT2D eigenvalue weighted by atomic mass is 9.81. The van der Waals surface area contributed by atoms with Crippen molar-refractivity contribution in [3.63, 3.8) is 0 Å². The van der Waals surface area contributed by atoms with E-state index in [-0.39, 0.29) is 23.8 Å². The van der Waals surface area contributed by atoms with Crippen molar-refractivity contribution in [1.82, 2.24) is 21.3 Å².